The van der Waals surface area contributed by atoms with Gasteiger partial charge in [-0.25, -0.2) is 0 Å². The quantitative estimate of drug-likeness (QED) is 0.152. The van der Waals surface area contributed by atoms with E-state index in [1.807, 2.05) is 74.5 Å². The molecule has 266 valence electrons. The molecule has 0 aliphatic rings. The molecular formula is C32H53N5O10. The summed E-state index contributed by atoms with van der Waals surface area (Å²) < 4.78 is 0. The van der Waals surface area contributed by atoms with Crippen molar-refractivity contribution in [3.05, 3.63) is 71.8 Å². The van der Waals surface area contributed by atoms with Crippen molar-refractivity contribution in [2.24, 2.45) is 40.5 Å². The van der Waals surface area contributed by atoms with Gasteiger partial charge in [-0.15, -0.1) is 0 Å². The fraction of sp³-hybridized carbons (Fsp3) is 0.469. The Labute approximate surface area is 275 Å². The van der Waals surface area contributed by atoms with E-state index in [-0.39, 0.29) is 5.92 Å². The largest absolute Gasteiger partial charge is 0.480 e. The summed E-state index contributed by atoms with van der Waals surface area (Å²) in [7, 11) is 0. The van der Waals surface area contributed by atoms with Crippen LogP contribution in [-0.4, -0.2) is 85.6 Å². The van der Waals surface area contributed by atoms with E-state index < -0.39 is 60.1 Å². The fourth-order valence-electron chi connectivity index (χ4n) is 2.80. The highest BCUT2D eigenvalue weighted by atomic mass is 16.4. The number of carboxylic acid groups (broad SMARTS) is 5. The minimum atomic E-state index is -0.963. The molecule has 0 bridgehead atoms. The Morgan fingerprint density at radius 3 is 0.957 bits per heavy atom. The van der Waals surface area contributed by atoms with E-state index in [1.165, 1.54) is 6.92 Å². The van der Waals surface area contributed by atoms with Gasteiger partial charge in [0.1, 0.15) is 30.2 Å². The van der Waals surface area contributed by atoms with Crippen LogP contribution in [0.5, 0.6) is 0 Å². The summed E-state index contributed by atoms with van der Waals surface area (Å²) in [6, 6.07) is 15.0. The highest BCUT2D eigenvalue weighted by molar-refractivity contribution is 5.74. The first-order chi connectivity index (χ1) is 21.6. The molecule has 0 aromatic heterocycles. The van der Waals surface area contributed by atoms with E-state index in [9.17, 15) is 24.0 Å². The molecule has 15 nitrogen and oxygen atoms in total. The predicted molar refractivity (Wildman–Crippen MR) is 178 cm³/mol. The molecule has 0 radical (unpaired) electrons. The lowest BCUT2D eigenvalue weighted by Crippen LogP contribution is -2.34. The Hall–Kier alpha value is -4.41. The molecule has 15 heteroatoms. The molecule has 2 aromatic carbocycles. The van der Waals surface area contributed by atoms with Gasteiger partial charge in [-0.05, 0) is 49.1 Å². The van der Waals surface area contributed by atoms with Crippen molar-refractivity contribution >= 4 is 29.8 Å². The summed E-state index contributed by atoms with van der Waals surface area (Å²) in [5.74, 6) is -4.35. The number of hydrogen-bond donors (Lipinski definition) is 10. The number of rotatable bonds is 12. The molecule has 0 fully saturated rings. The molecular weight excluding hydrogens is 614 g/mol. The Bertz CT molecular complexity index is 1110. The van der Waals surface area contributed by atoms with Crippen molar-refractivity contribution in [2.75, 3.05) is 0 Å². The van der Waals surface area contributed by atoms with Gasteiger partial charge >= 0.3 is 29.8 Å². The first-order valence-electron chi connectivity index (χ1n) is 14.6. The van der Waals surface area contributed by atoms with Crippen molar-refractivity contribution in [2.45, 2.75) is 84.1 Å². The molecule has 0 saturated heterocycles. The standard InChI is InChI=1S/2C9H11NO2.C6H13NO2.C5H11NO2.C3H7NO2/c2*10-8(9(11)12)6-7-4-2-1-3-5-7;1-4(2)3-5(7)6(8)9;1-3(2)4(6)5(7)8;1-2(4)3(5)6/h2*1-5,8H,6,10H2,(H,11,12);4-5H,3,7H2,1-2H3,(H,8,9);3-4H,6H2,1-2H3,(H,7,8);2H,4H2,1H3,(H,5,6)/t2*8-;5-;4-;2-/m11111/s1. The van der Waals surface area contributed by atoms with E-state index in [2.05, 4.69) is 0 Å². The van der Waals surface area contributed by atoms with Gasteiger partial charge in [0.05, 0.1) is 0 Å². The second-order valence-corrected chi connectivity index (χ2v) is 11.1. The van der Waals surface area contributed by atoms with E-state index in [0.717, 1.165) is 11.1 Å². The zero-order chi connectivity index (χ0) is 37.3. The van der Waals surface area contributed by atoms with Gasteiger partial charge < -0.3 is 54.2 Å². The predicted octanol–water partition coefficient (Wildman–Crippen LogP) is 1.20. The van der Waals surface area contributed by atoms with E-state index in [0.29, 0.717) is 25.2 Å². The summed E-state index contributed by atoms with van der Waals surface area (Å²) in [6.07, 6.45) is 1.32. The highest BCUT2D eigenvalue weighted by Crippen LogP contribution is 2.03. The third kappa shape index (κ3) is 28.8. The van der Waals surface area contributed by atoms with Crippen LogP contribution in [0.2, 0.25) is 0 Å². The Morgan fingerprint density at radius 1 is 0.511 bits per heavy atom. The summed E-state index contributed by atoms with van der Waals surface area (Å²) >= 11 is 0. The minimum absolute atomic E-state index is 0.0208. The number of hydrogen-bond acceptors (Lipinski definition) is 10. The molecule has 2 aromatic rings. The van der Waals surface area contributed by atoms with Crippen molar-refractivity contribution in [3.63, 3.8) is 0 Å². The van der Waals surface area contributed by atoms with Crippen LogP contribution in [0, 0.1) is 11.8 Å². The van der Waals surface area contributed by atoms with Crippen molar-refractivity contribution < 1.29 is 49.5 Å². The van der Waals surface area contributed by atoms with Gasteiger partial charge in [0, 0.05) is 0 Å². The van der Waals surface area contributed by atoms with Crippen molar-refractivity contribution in [3.8, 4) is 0 Å². The first kappa shape index (κ1) is 47.0. The van der Waals surface area contributed by atoms with E-state index in [1.54, 1.807) is 13.8 Å². The monoisotopic (exact) mass is 667 g/mol. The number of nitrogens with two attached hydrogens (primary N) is 5. The van der Waals surface area contributed by atoms with Crippen LogP contribution < -0.4 is 28.7 Å². The average Bonchev–Trinajstić information content (AvgIpc) is 2.98. The zero-order valence-electron chi connectivity index (χ0n) is 27.6. The molecule has 0 aliphatic carbocycles. The number of benzene rings is 2. The lowest BCUT2D eigenvalue weighted by atomic mass is 10.1. The lowest BCUT2D eigenvalue weighted by Gasteiger charge is -2.07. The molecule has 0 heterocycles. The molecule has 0 aliphatic heterocycles. The molecule has 2 rings (SSSR count). The number of carbonyl (C=O) groups is 5. The van der Waals surface area contributed by atoms with Crippen molar-refractivity contribution in [1.82, 2.24) is 0 Å². The topological polar surface area (TPSA) is 317 Å². The molecule has 47 heavy (non-hydrogen) atoms. The second-order valence-electron chi connectivity index (χ2n) is 11.1. The number of aliphatic carboxylic acids is 5. The van der Waals surface area contributed by atoms with Crippen LogP contribution in [0.4, 0.5) is 0 Å². The summed E-state index contributed by atoms with van der Waals surface area (Å²) in [4.78, 5) is 50.5. The summed E-state index contributed by atoms with van der Waals surface area (Å²) in [6.45, 7) is 8.87. The highest BCUT2D eigenvalue weighted by Gasteiger charge is 2.15. The van der Waals surface area contributed by atoms with Crippen LogP contribution >= 0.6 is 0 Å². The molecule has 15 N–H and O–H groups in total. The van der Waals surface area contributed by atoms with Gasteiger partial charge in [-0.1, -0.05) is 88.4 Å². The second kappa shape index (κ2) is 26.8. The molecule has 0 unspecified atom stereocenters. The smallest absolute Gasteiger partial charge is 0.320 e. The van der Waals surface area contributed by atoms with Crippen molar-refractivity contribution in [1.29, 1.82) is 0 Å². The zero-order valence-corrected chi connectivity index (χ0v) is 27.6. The average molecular weight is 668 g/mol. The van der Waals surface area contributed by atoms with Crippen LogP contribution in [0.1, 0.15) is 52.2 Å². The molecule has 0 amide bonds. The van der Waals surface area contributed by atoms with Crippen LogP contribution in [0.15, 0.2) is 60.7 Å². The fourth-order valence-corrected chi connectivity index (χ4v) is 2.80. The normalized spacial score (nSPS) is 13.1. The molecule has 5 atom stereocenters. The maximum absolute atomic E-state index is 10.4. The molecule has 0 saturated carbocycles. The Kier molecular flexibility index (Phi) is 26.8. The maximum Gasteiger partial charge on any atom is 0.320 e. The van der Waals surface area contributed by atoms with Gasteiger partial charge in [0.2, 0.25) is 0 Å². The number of carboxylic acids is 5. The van der Waals surface area contributed by atoms with Gasteiger partial charge in [-0.2, -0.15) is 0 Å². The summed E-state index contributed by atoms with van der Waals surface area (Å²) in [5, 5.41) is 41.4. The first-order valence-corrected chi connectivity index (χ1v) is 14.6. The van der Waals surface area contributed by atoms with Crippen LogP contribution in [0.3, 0.4) is 0 Å². The minimum Gasteiger partial charge on any atom is -0.480 e. The third-order valence-corrected chi connectivity index (χ3v) is 5.67. The van der Waals surface area contributed by atoms with Crippen LogP contribution in [-0.2, 0) is 36.8 Å². The van der Waals surface area contributed by atoms with Gasteiger partial charge in [0.25, 0.3) is 0 Å². The summed E-state index contributed by atoms with van der Waals surface area (Å²) in [5.41, 5.74) is 27.8. The Balaban J connectivity index is -0.000000527. The van der Waals surface area contributed by atoms with Gasteiger partial charge in [0.15, 0.2) is 0 Å². The van der Waals surface area contributed by atoms with Gasteiger partial charge in [-0.3, -0.25) is 24.0 Å². The van der Waals surface area contributed by atoms with Crippen LogP contribution in [0.25, 0.3) is 0 Å². The van der Waals surface area contributed by atoms with E-state index >= 15 is 0 Å². The molecule has 0 spiro atoms. The van der Waals surface area contributed by atoms with E-state index in [4.69, 9.17) is 54.2 Å². The SMILES string of the molecule is CC(C)C[C@@H](N)C(=O)O.CC(C)[C@@H](N)C(=O)O.C[C@@H](N)C(=O)O.N[C@H](Cc1ccccc1)C(=O)O.N[C@H](Cc1ccccc1)C(=O)O. The Morgan fingerprint density at radius 2 is 0.809 bits per heavy atom. The third-order valence-electron chi connectivity index (χ3n) is 5.67. The maximum atomic E-state index is 10.4. The lowest BCUT2D eigenvalue weighted by molar-refractivity contribution is -0.140.